The molecular formula is C11H15BrClNOS. The number of carbonyl (C=O) groups is 1. The number of rotatable bonds is 5. The molecule has 0 fully saturated rings. The Kier molecular flexibility index (Phi) is 5.28. The Balaban J connectivity index is 2.33. The van der Waals surface area contributed by atoms with Crippen molar-refractivity contribution in [2.24, 2.45) is 5.41 Å². The molecule has 0 unspecified atom stereocenters. The van der Waals surface area contributed by atoms with Gasteiger partial charge in [0.15, 0.2) is 0 Å². The van der Waals surface area contributed by atoms with E-state index in [1.54, 1.807) is 11.3 Å². The standard InChI is InChI=1S/C11H15BrClNOS/c1-11(2,7-13)10(15)14-6-5-8-3-4-9(12)16-8/h3-4H,5-7H2,1-2H3,(H,14,15). The van der Waals surface area contributed by atoms with E-state index in [1.165, 1.54) is 4.88 Å². The summed E-state index contributed by atoms with van der Waals surface area (Å²) < 4.78 is 1.12. The van der Waals surface area contributed by atoms with Crippen molar-refractivity contribution in [1.29, 1.82) is 0 Å². The third kappa shape index (κ3) is 4.07. The number of hydrogen-bond donors (Lipinski definition) is 1. The number of halogens is 2. The van der Waals surface area contributed by atoms with Crippen molar-refractivity contribution in [3.05, 3.63) is 20.8 Å². The van der Waals surface area contributed by atoms with E-state index in [2.05, 4.69) is 27.3 Å². The van der Waals surface area contributed by atoms with Crippen molar-refractivity contribution >= 4 is 44.8 Å². The van der Waals surface area contributed by atoms with Crippen LogP contribution in [-0.2, 0) is 11.2 Å². The molecule has 0 aromatic carbocycles. The van der Waals surface area contributed by atoms with Crippen molar-refractivity contribution in [2.45, 2.75) is 20.3 Å². The van der Waals surface area contributed by atoms with Gasteiger partial charge in [0.2, 0.25) is 5.91 Å². The van der Waals surface area contributed by atoms with Gasteiger partial charge in [0, 0.05) is 17.3 Å². The molecule has 1 rings (SSSR count). The Morgan fingerprint density at radius 1 is 1.56 bits per heavy atom. The lowest BCUT2D eigenvalue weighted by Crippen LogP contribution is -2.38. The molecule has 1 aromatic heterocycles. The van der Waals surface area contributed by atoms with Gasteiger partial charge in [-0.15, -0.1) is 22.9 Å². The molecule has 0 saturated carbocycles. The van der Waals surface area contributed by atoms with Gasteiger partial charge in [0.1, 0.15) is 0 Å². The first-order chi connectivity index (χ1) is 7.45. The summed E-state index contributed by atoms with van der Waals surface area (Å²) in [6, 6.07) is 4.08. The third-order valence-corrected chi connectivity index (χ3v) is 4.59. The molecule has 16 heavy (non-hydrogen) atoms. The van der Waals surface area contributed by atoms with Crippen LogP contribution in [0.2, 0.25) is 0 Å². The number of hydrogen-bond acceptors (Lipinski definition) is 2. The topological polar surface area (TPSA) is 29.1 Å². The third-order valence-electron chi connectivity index (χ3n) is 2.23. The molecule has 0 saturated heterocycles. The van der Waals surface area contributed by atoms with Gasteiger partial charge in [-0.1, -0.05) is 0 Å². The van der Waals surface area contributed by atoms with Crippen molar-refractivity contribution < 1.29 is 4.79 Å². The average molecular weight is 325 g/mol. The lowest BCUT2D eigenvalue weighted by atomic mass is 9.95. The van der Waals surface area contributed by atoms with Gasteiger partial charge in [-0.05, 0) is 48.3 Å². The Morgan fingerprint density at radius 2 is 2.25 bits per heavy atom. The lowest BCUT2D eigenvalue weighted by Gasteiger charge is -2.20. The van der Waals surface area contributed by atoms with E-state index in [0.29, 0.717) is 12.4 Å². The zero-order chi connectivity index (χ0) is 12.2. The molecular weight excluding hydrogens is 310 g/mol. The minimum absolute atomic E-state index is 0.0121. The van der Waals surface area contributed by atoms with Crippen LogP contribution >= 0.6 is 38.9 Å². The number of thiophene rings is 1. The van der Waals surface area contributed by atoms with Crippen LogP contribution in [0.4, 0.5) is 0 Å². The maximum atomic E-state index is 11.7. The van der Waals surface area contributed by atoms with Crippen LogP contribution in [0.25, 0.3) is 0 Å². The molecule has 1 aromatic rings. The molecule has 5 heteroatoms. The van der Waals surface area contributed by atoms with Crippen LogP contribution in [0.3, 0.4) is 0 Å². The predicted octanol–water partition coefficient (Wildman–Crippen LogP) is 3.43. The quantitative estimate of drug-likeness (QED) is 0.826. The first-order valence-corrected chi connectivity index (χ1v) is 7.18. The summed E-state index contributed by atoms with van der Waals surface area (Å²) in [7, 11) is 0. The predicted molar refractivity (Wildman–Crippen MR) is 73.2 cm³/mol. The zero-order valence-corrected chi connectivity index (χ0v) is 12.5. The smallest absolute Gasteiger partial charge is 0.226 e. The SMILES string of the molecule is CC(C)(CCl)C(=O)NCCc1ccc(Br)s1. The molecule has 90 valence electrons. The summed E-state index contributed by atoms with van der Waals surface area (Å²) in [6.45, 7) is 4.35. The van der Waals surface area contributed by atoms with Gasteiger partial charge >= 0.3 is 0 Å². The van der Waals surface area contributed by atoms with E-state index in [4.69, 9.17) is 11.6 Å². The van der Waals surface area contributed by atoms with Gasteiger partial charge in [0.05, 0.1) is 9.20 Å². The van der Waals surface area contributed by atoms with Crippen LogP contribution in [0.1, 0.15) is 18.7 Å². The highest BCUT2D eigenvalue weighted by atomic mass is 79.9. The highest BCUT2D eigenvalue weighted by Gasteiger charge is 2.25. The van der Waals surface area contributed by atoms with Gasteiger partial charge < -0.3 is 5.32 Å². The van der Waals surface area contributed by atoms with Gasteiger partial charge in [-0.3, -0.25) is 4.79 Å². The Bertz CT molecular complexity index is 365. The summed E-state index contributed by atoms with van der Waals surface area (Å²) in [4.78, 5) is 12.9. The fourth-order valence-corrected chi connectivity index (χ4v) is 2.69. The van der Waals surface area contributed by atoms with Gasteiger partial charge in [-0.2, -0.15) is 0 Å². The Hall–Kier alpha value is -0.0600. The molecule has 0 aliphatic heterocycles. The van der Waals surface area contributed by atoms with E-state index in [9.17, 15) is 4.79 Å². The molecule has 0 aliphatic rings. The fraction of sp³-hybridized carbons (Fsp3) is 0.545. The number of nitrogens with one attached hydrogen (secondary N) is 1. The minimum Gasteiger partial charge on any atom is -0.355 e. The number of alkyl halides is 1. The number of amides is 1. The zero-order valence-electron chi connectivity index (χ0n) is 9.35. The van der Waals surface area contributed by atoms with Crippen LogP contribution < -0.4 is 5.32 Å². The molecule has 2 nitrogen and oxygen atoms in total. The Morgan fingerprint density at radius 3 is 2.75 bits per heavy atom. The highest BCUT2D eigenvalue weighted by Crippen LogP contribution is 2.22. The average Bonchev–Trinajstić information content (AvgIpc) is 2.64. The van der Waals surface area contributed by atoms with E-state index in [-0.39, 0.29) is 5.91 Å². The summed E-state index contributed by atoms with van der Waals surface area (Å²) in [5, 5.41) is 2.90. The highest BCUT2D eigenvalue weighted by molar-refractivity contribution is 9.11. The molecule has 0 aliphatic carbocycles. The molecule has 0 atom stereocenters. The largest absolute Gasteiger partial charge is 0.355 e. The van der Waals surface area contributed by atoms with Crippen molar-refractivity contribution in [3.63, 3.8) is 0 Å². The van der Waals surface area contributed by atoms with E-state index >= 15 is 0 Å². The lowest BCUT2D eigenvalue weighted by molar-refractivity contribution is -0.128. The van der Waals surface area contributed by atoms with E-state index < -0.39 is 5.41 Å². The summed E-state index contributed by atoms with van der Waals surface area (Å²) in [5.74, 6) is 0.349. The van der Waals surface area contributed by atoms with E-state index in [1.807, 2.05) is 19.9 Å². The molecule has 0 radical (unpaired) electrons. The van der Waals surface area contributed by atoms with Gasteiger partial charge in [0.25, 0.3) is 0 Å². The fourth-order valence-electron chi connectivity index (χ4n) is 1.09. The number of carbonyl (C=O) groups excluding carboxylic acids is 1. The van der Waals surface area contributed by atoms with Crippen molar-refractivity contribution in [3.8, 4) is 0 Å². The maximum Gasteiger partial charge on any atom is 0.226 e. The summed E-state index contributed by atoms with van der Waals surface area (Å²) >= 11 is 10.8. The van der Waals surface area contributed by atoms with Gasteiger partial charge in [-0.25, -0.2) is 0 Å². The summed E-state index contributed by atoms with van der Waals surface area (Å²) in [5.41, 5.74) is -0.489. The van der Waals surface area contributed by atoms with Crippen LogP contribution in [0.5, 0.6) is 0 Å². The minimum atomic E-state index is -0.489. The molecule has 1 heterocycles. The second kappa shape index (κ2) is 6.03. The van der Waals surface area contributed by atoms with Crippen LogP contribution in [0.15, 0.2) is 15.9 Å². The second-order valence-corrected chi connectivity index (χ2v) is 7.04. The molecule has 1 N–H and O–H groups in total. The molecule has 0 bridgehead atoms. The Labute approximate surface area is 114 Å². The monoisotopic (exact) mass is 323 g/mol. The van der Waals surface area contributed by atoms with Crippen LogP contribution in [-0.4, -0.2) is 18.3 Å². The molecule has 1 amide bonds. The second-order valence-electron chi connectivity index (χ2n) is 4.23. The summed E-state index contributed by atoms with van der Waals surface area (Å²) in [6.07, 6.45) is 0.861. The van der Waals surface area contributed by atoms with Crippen LogP contribution in [0, 0.1) is 5.41 Å². The first kappa shape index (κ1) is 14.0. The van der Waals surface area contributed by atoms with Crippen molar-refractivity contribution in [1.82, 2.24) is 5.32 Å². The first-order valence-electron chi connectivity index (χ1n) is 5.04. The molecule has 0 spiro atoms. The maximum absolute atomic E-state index is 11.7. The van der Waals surface area contributed by atoms with E-state index in [0.717, 1.165) is 10.2 Å². The normalized spacial score (nSPS) is 11.5. The van der Waals surface area contributed by atoms with Crippen molar-refractivity contribution in [2.75, 3.05) is 12.4 Å².